The SMILES string of the molecule is CC1(C)c2ccccc2-c2cc3c4ccccc4n(-c4ccc(-c5nc6c7c(cccc7n5)Sc5ccccc5-6)cc4)c3cc21. The summed E-state index contributed by atoms with van der Waals surface area (Å²) in [6, 6.07) is 46.2. The van der Waals surface area contributed by atoms with Crippen molar-refractivity contribution < 1.29 is 0 Å². The fourth-order valence-electron chi connectivity index (χ4n) is 7.63. The zero-order chi connectivity index (χ0) is 29.9. The first-order chi connectivity index (χ1) is 22.1. The zero-order valence-corrected chi connectivity index (χ0v) is 25.7. The Bertz CT molecular complexity index is 2540. The van der Waals surface area contributed by atoms with Crippen LogP contribution >= 0.6 is 11.8 Å². The van der Waals surface area contributed by atoms with Gasteiger partial charge >= 0.3 is 0 Å². The van der Waals surface area contributed by atoms with Crippen molar-refractivity contribution in [1.82, 2.24) is 14.5 Å². The molecule has 0 radical (unpaired) electrons. The highest BCUT2D eigenvalue weighted by Crippen LogP contribution is 2.51. The second-order valence-corrected chi connectivity index (χ2v) is 13.7. The van der Waals surface area contributed by atoms with Crippen LogP contribution in [0.2, 0.25) is 0 Å². The van der Waals surface area contributed by atoms with Crippen LogP contribution in [-0.4, -0.2) is 14.5 Å². The number of para-hydroxylation sites is 1. The summed E-state index contributed by atoms with van der Waals surface area (Å²) in [6.07, 6.45) is 0. The van der Waals surface area contributed by atoms with E-state index in [1.54, 1.807) is 11.8 Å². The fraction of sp³-hybridized carbons (Fsp3) is 0.0732. The molecule has 0 saturated carbocycles. The number of aromatic nitrogens is 3. The van der Waals surface area contributed by atoms with Crippen molar-refractivity contribution in [2.45, 2.75) is 29.1 Å². The van der Waals surface area contributed by atoms with E-state index in [1.807, 2.05) is 0 Å². The lowest BCUT2D eigenvalue weighted by atomic mass is 9.82. The summed E-state index contributed by atoms with van der Waals surface area (Å²) >= 11 is 1.80. The van der Waals surface area contributed by atoms with Gasteiger partial charge in [0.05, 0.1) is 22.2 Å². The van der Waals surface area contributed by atoms with Crippen molar-refractivity contribution in [1.29, 1.82) is 0 Å². The lowest BCUT2D eigenvalue weighted by Gasteiger charge is -2.21. The number of hydrogen-bond donors (Lipinski definition) is 0. The average molecular weight is 594 g/mol. The van der Waals surface area contributed by atoms with Gasteiger partial charge in [0.1, 0.15) is 0 Å². The first-order valence-electron chi connectivity index (χ1n) is 15.4. The van der Waals surface area contributed by atoms with Gasteiger partial charge in [0, 0.05) is 48.2 Å². The van der Waals surface area contributed by atoms with E-state index in [4.69, 9.17) is 9.97 Å². The monoisotopic (exact) mass is 593 g/mol. The molecule has 45 heavy (non-hydrogen) atoms. The van der Waals surface area contributed by atoms with Gasteiger partial charge < -0.3 is 4.57 Å². The molecule has 3 nitrogen and oxygen atoms in total. The van der Waals surface area contributed by atoms with E-state index >= 15 is 0 Å². The van der Waals surface area contributed by atoms with Crippen molar-refractivity contribution in [2.24, 2.45) is 0 Å². The molecule has 6 aromatic carbocycles. The molecule has 0 amide bonds. The van der Waals surface area contributed by atoms with E-state index in [9.17, 15) is 0 Å². The molecule has 2 aromatic heterocycles. The molecule has 0 atom stereocenters. The summed E-state index contributed by atoms with van der Waals surface area (Å²) in [5, 5.41) is 3.69. The van der Waals surface area contributed by atoms with Gasteiger partial charge in [-0.15, -0.1) is 0 Å². The molecule has 1 aliphatic carbocycles. The topological polar surface area (TPSA) is 30.7 Å². The third-order valence-corrected chi connectivity index (χ3v) is 10.9. The number of benzene rings is 6. The first kappa shape index (κ1) is 25.2. The smallest absolute Gasteiger partial charge is 0.160 e. The van der Waals surface area contributed by atoms with Crippen LogP contribution in [0.5, 0.6) is 0 Å². The minimum absolute atomic E-state index is 0.0596. The Hall–Kier alpha value is -5.19. The summed E-state index contributed by atoms with van der Waals surface area (Å²) in [4.78, 5) is 12.7. The molecule has 0 unspecified atom stereocenters. The minimum atomic E-state index is -0.0596. The van der Waals surface area contributed by atoms with Gasteiger partial charge in [-0.3, -0.25) is 0 Å². The molecule has 0 bridgehead atoms. The Morgan fingerprint density at radius 1 is 0.578 bits per heavy atom. The Kier molecular flexibility index (Phi) is 5.00. The molecule has 8 aromatic rings. The largest absolute Gasteiger partial charge is 0.309 e. The standard InChI is InChI=1S/C41H27N3S/c1-41(2)31-13-6-3-10-26(31)29-22-30-27-11-4-7-15-34(27)44(35(30)23-32(29)41)25-20-18-24(19-21-25)40-42-33-14-9-17-37-38(33)39(43-40)28-12-5-8-16-36(28)45-37/h3-23H,1-2H3. The molecule has 0 saturated heterocycles. The Morgan fingerprint density at radius 3 is 2.22 bits per heavy atom. The van der Waals surface area contributed by atoms with Crippen molar-refractivity contribution in [2.75, 3.05) is 0 Å². The van der Waals surface area contributed by atoms with Crippen molar-refractivity contribution in [3.8, 4) is 39.5 Å². The zero-order valence-electron chi connectivity index (χ0n) is 24.9. The normalized spacial score (nSPS) is 14.1. The Morgan fingerprint density at radius 2 is 1.33 bits per heavy atom. The third-order valence-electron chi connectivity index (χ3n) is 9.81. The lowest BCUT2D eigenvalue weighted by Crippen LogP contribution is -2.14. The summed E-state index contributed by atoms with van der Waals surface area (Å²) in [5.74, 6) is 0.752. The maximum atomic E-state index is 5.18. The highest BCUT2D eigenvalue weighted by molar-refractivity contribution is 7.99. The average Bonchev–Trinajstić information content (AvgIpc) is 3.52. The van der Waals surface area contributed by atoms with E-state index in [0.29, 0.717) is 0 Å². The fourth-order valence-corrected chi connectivity index (χ4v) is 8.74. The maximum Gasteiger partial charge on any atom is 0.160 e. The van der Waals surface area contributed by atoms with Crippen LogP contribution in [0, 0.1) is 0 Å². The van der Waals surface area contributed by atoms with Crippen molar-refractivity contribution in [3.63, 3.8) is 0 Å². The predicted molar refractivity (Wildman–Crippen MR) is 186 cm³/mol. The molecule has 10 rings (SSSR count). The summed E-state index contributed by atoms with van der Waals surface area (Å²) in [6.45, 7) is 4.70. The van der Waals surface area contributed by atoms with E-state index in [2.05, 4.69) is 146 Å². The van der Waals surface area contributed by atoms with Crippen LogP contribution in [0.1, 0.15) is 25.0 Å². The maximum absolute atomic E-state index is 5.18. The van der Waals surface area contributed by atoms with Gasteiger partial charge in [-0.25, -0.2) is 9.97 Å². The number of fused-ring (bicyclic) bond motifs is 8. The van der Waals surface area contributed by atoms with E-state index in [-0.39, 0.29) is 5.41 Å². The van der Waals surface area contributed by atoms with Gasteiger partial charge in [0.2, 0.25) is 0 Å². The minimum Gasteiger partial charge on any atom is -0.309 e. The van der Waals surface area contributed by atoms with Crippen molar-refractivity contribution >= 4 is 44.5 Å². The number of hydrogen-bond acceptors (Lipinski definition) is 3. The number of nitrogens with zero attached hydrogens (tertiary/aromatic N) is 3. The van der Waals surface area contributed by atoms with Gasteiger partial charge in [-0.1, -0.05) is 92.3 Å². The Labute approximate surface area is 265 Å². The summed E-state index contributed by atoms with van der Waals surface area (Å²) in [7, 11) is 0. The van der Waals surface area contributed by atoms with Crippen LogP contribution in [-0.2, 0) is 5.41 Å². The first-order valence-corrected chi connectivity index (χ1v) is 16.2. The molecule has 2 aliphatic rings. The highest BCUT2D eigenvalue weighted by Gasteiger charge is 2.36. The van der Waals surface area contributed by atoms with Gasteiger partial charge in [-0.2, -0.15) is 0 Å². The second-order valence-electron chi connectivity index (χ2n) is 12.6. The molecule has 0 spiro atoms. The van der Waals surface area contributed by atoms with Crippen LogP contribution in [0.15, 0.2) is 137 Å². The Balaban J connectivity index is 1.15. The summed E-state index contributed by atoms with van der Waals surface area (Å²) < 4.78 is 2.42. The summed E-state index contributed by atoms with van der Waals surface area (Å²) in [5.41, 5.74) is 13.2. The molecule has 0 fully saturated rings. The third kappa shape index (κ3) is 3.43. The predicted octanol–water partition coefficient (Wildman–Crippen LogP) is 10.8. The molecule has 212 valence electrons. The molecule has 0 N–H and O–H groups in total. The highest BCUT2D eigenvalue weighted by atomic mass is 32.2. The lowest BCUT2D eigenvalue weighted by molar-refractivity contribution is 0.661. The molecule has 4 heteroatoms. The molecular formula is C41H27N3S. The van der Waals surface area contributed by atoms with Crippen LogP contribution in [0.25, 0.3) is 72.2 Å². The molecule has 3 heterocycles. The van der Waals surface area contributed by atoms with Crippen LogP contribution < -0.4 is 0 Å². The van der Waals surface area contributed by atoms with Gasteiger partial charge in [0.25, 0.3) is 0 Å². The van der Waals surface area contributed by atoms with Crippen LogP contribution in [0.4, 0.5) is 0 Å². The van der Waals surface area contributed by atoms with Crippen molar-refractivity contribution in [3.05, 3.63) is 139 Å². The number of rotatable bonds is 2. The van der Waals surface area contributed by atoms with E-state index in [0.717, 1.165) is 33.7 Å². The van der Waals surface area contributed by atoms with Gasteiger partial charge in [0.15, 0.2) is 5.82 Å². The van der Waals surface area contributed by atoms with Gasteiger partial charge in [-0.05, 0) is 82.9 Å². The second kappa shape index (κ2) is 8.93. The van der Waals surface area contributed by atoms with E-state index < -0.39 is 0 Å². The quantitative estimate of drug-likeness (QED) is 0.200. The molecular weight excluding hydrogens is 567 g/mol. The molecule has 1 aliphatic heterocycles. The van der Waals surface area contributed by atoms with Crippen LogP contribution in [0.3, 0.4) is 0 Å². The van der Waals surface area contributed by atoms with E-state index in [1.165, 1.54) is 59.4 Å².